The van der Waals surface area contributed by atoms with E-state index >= 15 is 0 Å². The van der Waals surface area contributed by atoms with Gasteiger partial charge in [-0.2, -0.15) is 0 Å². The van der Waals surface area contributed by atoms with Gasteiger partial charge in [-0.05, 0) is 31.2 Å². The summed E-state index contributed by atoms with van der Waals surface area (Å²) in [6.07, 6.45) is 6.93. The molecule has 0 spiro atoms. The zero-order valence-electron chi connectivity index (χ0n) is 15.0. The molecule has 0 saturated carbocycles. The van der Waals surface area contributed by atoms with Crippen LogP contribution in [-0.4, -0.2) is 51.5 Å². The van der Waals surface area contributed by atoms with Crippen LogP contribution in [0.4, 0.5) is 5.82 Å². The van der Waals surface area contributed by atoms with Gasteiger partial charge in [0.15, 0.2) is 0 Å². The third-order valence-electron chi connectivity index (χ3n) is 4.77. The van der Waals surface area contributed by atoms with E-state index in [9.17, 15) is 4.79 Å². The van der Waals surface area contributed by atoms with Gasteiger partial charge in [0.2, 0.25) is 0 Å². The number of pyridine rings is 1. The smallest absolute Gasteiger partial charge is 0.256 e. The Bertz CT molecular complexity index is 932. The van der Waals surface area contributed by atoms with Crippen molar-refractivity contribution in [2.24, 2.45) is 0 Å². The number of anilines is 1. The maximum absolute atomic E-state index is 13.2. The van der Waals surface area contributed by atoms with Crippen molar-refractivity contribution in [1.82, 2.24) is 19.4 Å². The van der Waals surface area contributed by atoms with Crippen molar-refractivity contribution in [3.8, 4) is 5.69 Å². The molecular weight excluding hydrogens is 362 g/mol. The molecule has 138 valence electrons. The van der Waals surface area contributed by atoms with E-state index in [0.717, 1.165) is 30.2 Å². The van der Waals surface area contributed by atoms with Gasteiger partial charge < -0.3 is 14.4 Å². The Morgan fingerprint density at radius 2 is 1.93 bits per heavy atom. The SMILES string of the molecule is Cc1ccc(-n2ccnc2)c(C(=O)N2CCN(c3ccc(Cl)cn3)CC2)c1. The van der Waals surface area contributed by atoms with Crippen LogP contribution in [0.3, 0.4) is 0 Å². The molecule has 0 radical (unpaired) electrons. The van der Waals surface area contributed by atoms with Gasteiger partial charge in [0.25, 0.3) is 5.91 Å². The van der Waals surface area contributed by atoms with Crippen molar-refractivity contribution >= 4 is 23.3 Å². The normalized spacial score (nSPS) is 14.4. The number of nitrogens with zero attached hydrogens (tertiary/aromatic N) is 5. The van der Waals surface area contributed by atoms with Crippen molar-refractivity contribution in [3.63, 3.8) is 0 Å². The third kappa shape index (κ3) is 3.66. The van der Waals surface area contributed by atoms with Gasteiger partial charge in [-0.1, -0.05) is 23.2 Å². The molecule has 0 bridgehead atoms. The number of imidazole rings is 1. The lowest BCUT2D eigenvalue weighted by Gasteiger charge is -2.35. The van der Waals surface area contributed by atoms with Crippen LogP contribution in [0.15, 0.2) is 55.2 Å². The Labute approximate surface area is 163 Å². The highest BCUT2D eigenvalue weighted by Crippen LogP contribution is 2.21. The molecule has 0 aliphatic carbocycles. The monoisotopic (exact) mass is 381 g/mol. The van der Waals surface area contributed by atoms with Gasteiger partial charge in [-0.25, -0.2) is 9.97 Å². The van der Waals surface area contributed by atoms with Gasteiger partial charge >= 0.3 is 0 Å². The summed E-state index contributed by atoms with van der Waals surface area (Å²) >= 11 is 5.91. The molecule has 0 unspecified atom stereocenters. The van der Waals surface area contributed by atoms with E-state index in [0.29, 0.717) is 23.7 Å². The molecule has 3 heterocycles. The number of hydrogen-bond acceptors (Lipinski definition) is 4. The molecular formula is C20H20ClN5O. The largest absolute Gasteiger partial charge is 0.353 e. The van der Waals surface area contributed by atoms with Gasteiger partial charge in [-0.3, -0.25) is 4.79 Å². The summed E-state index contributed by atoms with van der Waals surface area (Å²) in [6, 6.07) is 9.68. The fourth-order valence-electron chi connectivity index (χ4n) is 3.31. The molecule has 1 aromatic carbocycles. The Balaban J connectivity index is 1.52. The second-order valence-corrected chi connectivity index (χ2v) is 7.04. The molecule has 27 heavy (non-hydrogen) atoms. The molecule has 7 heteroatoms. The van der Waals surface area contributed by atoms with E-state index in [2.05, 4.69) is 14.9 Å². The van der Waals surface area contributed by atoms with E-state index in [4.69, 9.17) is 11.6 Å². The summed E-state index contributed by atoms with van der Waals surface area (Å²) in [5.41, 5.74) is 2.61. The topological polar surface area (TPSA) is 54.3 Å². The molecule has 2 aromatic heterocycles. The highest BCUT2D eigenvalue weighted by Gasteiger charge is 2.25. The molecule has 4 rings (SSSR count). The average molecular weight is 382 g/mol. The molecule has 0 atom stereocenters. The number of aryl methyl sites for hydroxylation is 1. The first-order valence-electron chi connectivity index (χ1n) is 8.86. The Morgan fingerprint density at radius 3 is 2.59 bits per heavy atom. The summed E-state index contributed by atoms with van der Waals surface area (Å²) in [5.74, 6) is 0.937. The summed E-state index contributed by atoms with van der Waals surface area (Å²) in [5, 5.41) is 0.624. The zero-order valence-corrected chi connectivity index (χ0v) is 15.8. The van der Waals surface area contributed by atoms with Crippen LogP contribution in [0.5, 0.6) is 0 Å². The van der Waals surface area contributed by atoms with Crippen LogP contribution in [-0.2, 0) is 0 Å². The first-order chi connectivity index (χ1) is 13.1. The Morgan fingerprint density at radius 1 is 1.11 bits per heavy atom. The van der Waals surface area contributed by atoms with Crippen LogP contribution in [0.25, 0.3) is 5.69 Å². The lowest BCUT2D eigenvalue weighted by Crippen LogP contribution is -2.49. The summed E-state index contributed by atoms with van der Waals surface area (Å²) < 4.78 is 1.88. The second kappa shape index (κ2) is 7.40. The van der Waals surface area contributed by atoms with Crippen LogP contribution in [0.1, 0.15) is 15.9 Å². The molecule has 6 nitrogen and oxygen atoms in total. The highest BCUT2D eigenvalue weighted by molar-refractivity contribution is 6.30. The Kier molecular flexibility index (Phi) is 4.81. The van der Waals surface area contributed by atoms with Crippen LogP contribution in [0, 0.1) is 6.92 Å². The number of amides is 1. The van der Waals surface area contributed by atoms with Gasteiger partial charge in [0, 0.05) is 44.8 Å². The van der Waals surface area contributed by atoms with E-state index in [1.807, 2.05) is 52.9 Å². The fourth-order valence-corrected chi connectivity index (χ4v) is 3.42. The van der Waals surface area contributed by atoms with Crippen molar-refractivity contribution in [2.75, 3.05) is 31.1 Å². The number of carbonyl (C=O) groups is 1. The maximum atomic E-state index is 13.2. The first-order valence-corrected chi connectivity index (χ1v) is 9.24. The van der Waals surface area contributed by atoms with E-state index in [1.165, 1.54) is 0 Å². The van der Waals surface area contributed by atoms with Crippen molar-refractivity contribution in [3.05, 3.63) is 71.4 Å². The predicted molar refractivity (Wildman–Crippen MR) is 106 cm³/mol. The fraction of sp³-hybridized carbons (Fsp3) is 0.250. The number of halogens is 1. The molecule has 1 aliphatic rings. The van der Waals surface area contributed by atoms with Crippen LogP contribution >= 0.6 is 11.6 Å². The average Bonchev–Trinajstić information content (AvgIpc) is 3.23. The van der Waals surface area contributed by atoms with Crippen LogP contribution in [0.2, 0.25) is 5.02 Å². The van der Waals surface area contributed by atoms with Crippen molar-refractivity contribution in [1.29, 1.82) is 0 Å². The number of rotatable bonds is 3. The van der Waals surface area contributed by atoms with Gasteiger partial charge in [0.1, 0.15) is 5.82 Å². The van der Waals surface area contributed by atoms with E-state index in [-0.39, 0.29) is 5.91 Å². The summed E-state index contributed by atoms with van der Waals surface area (Å²) in [6.45, 7) is 4.79. The standard InChI is InChI=1S/C20H20ClN5O/c1-15-2-4-18(26-7-6-22-14-26)17(12-15)20(27)25-10-8-24(9-11-25)19-5-3-16(21)13-23-19/h2-7,12-14H,8-11H2,1H3. The first kappa shape index (κ1) is 17.5. The van der Waals surface area contributed by atoms with E-state index in [1.54, 1.807) is 18.7 Å². The number of benzene rings is 1. The van der Waals surface area contributed by atoms with Crippen molar-refractivity contribution < 1.29 is 4.79 Å². The minimum atomic E-state index is 0.0473. The number of hydrogen-bond donors (Lipinski definition) is 0. The Hall–Kier alpha value is -2.86. The van der Waals surface area contributed by atoms with Gasteiger partial charge in [-0.15, -0.1) is 0 Å². The van der Waals surface area contributed by atoms with Gasteiger partial charge in [0.05, 0.1) is 22.6 Å². The number of carbonyl (C=O) groups excluding carboxylic acids is 1. The summed E-state index contributed by atoms with van der Waals surface area (Å²) in [7, 11) is 0. The number of aromatic nitrogens is 3. The number of piperazine rings is 1. The lowest BCUT2D eigenvalue weighted by molar-refractivity contribution is 0.0746. The molecule has 1 amide bonds. The molecule has 3 aromatic rings. The van der Waals surface area contributed by atoms with Crippen molar-refractivity contribution in [2.45, 2.75) is 6.92 Å². The minimum absolute atomic E-state index is 0.0473. The van der Waals surface area contributed by atoms with Crippen LogP contribution < -0.4 is 4.90 Å². The third-order valence-corrected chi connectivity index (χ3v) is 4.99. The highest BCUT2D eigenvalue weighted by atomic mass is 35.5. The molecule has 1 fully saturated rings. The molecule has 1 aliphatic heterocycles. The second-order valence-electron chi connectivity index (χ2n) is 6.60. The lowest BCUT2D eigenvalue weighted by atomic mass is 10.1. The van der Waals surface area contributed by atoms with E-state index < -0.39 is 0 Å². The summed E-state index contributed by atoms with van der Waals surface area (Å²) in [4.78, 5) is 25.7. The predicted octanol–water partition coefficient (Wildman–Crippen LogP) is 3.19. The quantitative estimate of drug-likeness (QED) is 0.699. The molecule has 1 saturated heterocycles. The maximum Gasteiger partial charge on any atom is 0.256 e. The molecule has 0 N–H and O–H groups in total. The zero-order chi connectivity index (χ0) is 18.8. The minimum Gasteiger partial charge on any atom is -0.353 e.